The molecule has 1 aromatic heterocycles. The van der Waals surface area contributed by atoms with Crippen molar-refractivity contribution in [3.63, 3.8) is 0 Å². The summed E-state index contributed by atoms with van der Waals surface area (Å²) in [6.45, 7) is 6.87. The molecule has 0 amide bonds. The molecule has 8 nitrogen and oxygen atoms in total. The molecule has 10 heteroatoms. The molecule has 2 N–H and O–H groups in total. The van der Waals surface area contributed by atoms with Crippen LogP contribution >= 0.6 is 24.0 Å². The van der Waals surface area contributed by atoms with Crippen molar-refractivity contribution in [3.8, 4) is 0 Å². The van der Waals surface area contributed by atoms with Crippen molar-refractivity contribution in [3.05, 3.63) is 53.9 Å². The highest BCUT2D eigenvalue weighted by atomic mass is 127. The number of halogens is 1. The predicted octanol–water partition coefficient (Wildman–Crippen LogP) is 1.33. The molecule has 2 heterocycles. The summed E-state index contributed by atoms with van der Waals surface area (Å²) >= 11 is 0. The van der Waals surface area contributed by atoms with Gasteiger partial charge < -0.3 is 10.6 Å². The van der Waals surface area contributed by atoms with Gasteiger partial charge in [0.15, 0.2) is 15.8 Å². The number of rotatable bonds is 8. The third-order valence-corrected chi connectivity index (χ3v) is 6.53. The second-order valence-electron chi connectivity index (χ2n) is 7.09. The Balaban J connectivity index is 0.00000320. The maximum atomic E-state index is 11.5. The van der Waals surface area contributed by atoms with Crippen LogP contribution < -0.4 is 10.6 Å². The van der Waals surface area contributed by atoms with Gasteiger partial charge in [-0.1, -0.05) is 24.3 Å². The number of hydrogen-bond donors (Lipinski definition) is 2. The van der Waals surface area contributed by atoms with Crippen molar-refractivity contribution in [1.82, 2.24) is 25.3 Å². The number of aliphatic imine (C=N–C) groups is 1. The fraction of sp³-hybridized carbons (Fsp3) is 0.500. The topological polar surface area (TPSA) is 91.6 Å². The standard InChI is InChI=1S/C20H30N6O2S.HI/c1-2-21-20(22-9-11-25-12-14-29(27,28)15-13-25)23-16-18-6-3-4-7-19(18)17-26-10-5-8-24-26;/h3-8,10H,2,9,11-17H2,1H3,(H2,21,22,23);1H. The molecule has 0 aliphatic carbocycles. The van der Waals surface area contributed by atoms with Crippen molar-refractivity contribution >= 4 is 39.8 Å². The van der Waals surface area contributed by atoms with Crippen molar-refractivity contribution in [2.75, 3.05) is 44.2 Å². The average Bonchev–Trinajstić information content (AvgIpc) is 3.21. The second-order valence-corrected chi connectivity index (χ2v) is 9.39. The van der Waals surface area contributed by atoms with E-state index in [1.165, 1.54) is 11.1 Å². The minimum Gasteiger partial charge on any atom is -0.357 e. The molecule has 0 spiro atoms. The van der Waals surface area contributed by atoms with E-state index < -0.39 is 9.84 Å². The zero-order valence-electron chi connectivity index (χ0n) is 17.3. The zero-order valence-corrected chi connectivity index (χ0v) is 20.5. The Kier molecular flexibility index (Phi) is 10.1. The van der Waals surface area contributed by atoms with Gasteiger partial charge in [-0.2, -0.15) is 5.10 Å². The van der Waals surface area contributed by atoms with Gasteiger partial charge in [0.05, 0.1) is 24.6 Å². The quantitative estimate of drug-likeness (QED) is 0.295. The van der Waals surface area contributed by atoms with E-state index in [1.807, 2.05) is 36.0 Å². The van der Waals surface area contributed by atoms with Crippen LogP contribution in [0.25, 0.3) is 0 Å². The van der Waals surface area contributed by atoms with Gasteiger partial charge >= 0.3 is 0 Å². The Morgan fingerprint density at radius 3 is 2.53 bits per heavy atom. The molecule has 0 atom stereocenters. The van der Waals surface area contributed by atoms with Crippen LogP contribution in [0.4, 0.5) is 0 Å². The largest absolute Gasteiger partial charge is 0.357 e. The molecule has 3 rings (SSSR count). The molecule has 1 aliphatic rings. The number of hydrogen-bond acceptors (Lipinski definition) is 5. The summed E-state index contributed by atoms with van der Waals surface area (Å²) in [4.78, 5) is 6.91. The predicted molar refractivity (Wildman–Crippen MR) is 131 cm³/mol. The third kappa shape index (κ3) is 7.88. The summed E-state index contributed by atoms with van der Waals surface area (Å²) in [5, 5.41) is 10.9. The van der Waals surface area contributed by atoms with Crippen molar-refractivity contribution in [2.24, 2.45) is 4.99 Å². The van der Waals surface area contributed by atoms with Crippen LogP contribution in [-0.2, 0) is 22.9 Å². The van der Waals surface area contributed by atoms with Gasteiger partial charge in [0.2, 0.25) is 0 Å². The number of guanidine groups is 1. The van der Waals surface area contributed by atoms with E-state index in [0.717, 1.165) is 32.1 Å². The molecule has 0 bridgehead atoms. The number of benzene rings is 1. The van der Waals surface area contributed by atoms with E-state index in [4.69, 9.17) is 4.99 Å². The van der Waals surface area contributed by atoms with E-state index in [9.17, 15) is 8.42 Å². The van der Waals surface area contributed by atoms with Crippen LogP contribution in [0.1, 0.15) is 18.1 Å². The average molecular weight is 546 g/mol. The maximum absolute atomic E-state index is 11.5. The first-order valence-electron chi connectivity index (χ1n) is 10.0. The van der Waals surface area contributed by atoms with E-state index in [0.29, 0.717) is 19.6 Å². The van der Waals surface area contributed by atoms with Gasteiger partial charge in [-0.05, 0) is 24.1 Å². The molecule has 2 aromatic rings. The number of nitrogens with zero attached hydrogens (tertiary/aromatic N) is 4. The summed E-state index contributed by atoms with van der Waals surface area (Å²) in [6, 6.07) is 10.2. The maximum Gasteiger partial charge on any atom is 0.191 e. The first-order chi connectivity index (χ1) is 14.1. The zero-order chi connectivity index (χ0) is 20.5. The first-order valence-corrected chi connectivity index (χ1v) is 11.9. The first kappa shape index (κ1) is 24.6. The summed E-state index contributed by atoms with van der Waals surface area (Å²) < 4.78 is 25.0. The summed E-state index contributed by atoms with van der Waals surface area (Å²) in [7, 11) is -2.83. The molecule has 0 unspecified atom stereocenters. The van der Waals surface area contributed by atoms with Crippen molar-refractivity contribution in [1.29, 1.82) is 0 Å². The van der Waals surface area contributed by atoms with Crippen LogP contribution in [0.3, 0.4) is 0 Å². The molecule has 0 radical (unpaired) electrons. The van der Waals surface area contributed by atoms with Gasteiger partial charge in [-0.25, -0.2) is 13.4 Å². The lowest BCUT2D eigenvalue weighted by Crippen LogP contribution is -2.45. The number of sulfone groups is 1. The molecule has 1 aliphatic heterocycles. The van der Waals surface area contributed by atoms with Crippen LogP contribution in [0.5, 0.6) is 0 Å². The van der Waals surface area contributed by atoms with E-state index in [2.05, 4.69) is 32.8 Å². The summed E-state index contributed by atoms with van der Waals surface area (Å²) in [5.41, 5.74) is 2.37. The lowest BCUT2D eigenvalue weighted by atomic mass is 10.1. The Labute approximate surface area is 196 Å². The highest BCUT2D eigenvalue weighted by Crippen LogP contribution is 2.11. The van der Waals surface area contributed by atoms with Gasteiger partial charge in [-0.15, -0.1) is 24.0 Å². The van der Waals surface area contributed by atoms with Crippen LogP contribution in [0.15, 0.2) is 47.7 Å². The van der Waals surface area contributed by atoms with Crippen LogP contribution in [0.2, 0.25) is 0 Å². The lowest BCUT2D eigenvalue weighted by Gasteiger charge is -2.26. The van der Waals surface area contributed by atoms with Crippen molar-refractivity contribution < 1.29 is 8.42 Å². The monoisotopic (exact) mass is 546 g/mol. The minimum atomic E-state index is -2.83. The number of nitrogens with one attached hydrogen (secondary N) is 2. The highest BCUT2D eigenvalue weighted by Gasteiger charge is 2.20. The summed E-state index contributed by atoms with van der Waals surface area (Å²) in [6.07, 6.45) is 3.74. The lowest BCUT2D eigenvalue weighted by molar-refractivity contribution is 0.299. The van der Waals surface area contributed by atoms with Gasteiger partial charge in [-0.3, -0.25) is 9.58 Å². The Hall–Kier alpha value is -1.66. The van der Waals surface area contributed by atoms with Crippen molar-refractivity contribution in [2.45, 2.75) is 20.0 Å². The minimum absolute atomic E-state index is 0. The Morgan fingerprint density at radius 2 is 1.87 bits per heavy atom. The molecular weight excluding hydrogens is 515 g/mol. The molecule has 0 saturated carbocycles. The molecule has 1 aromatic carbocycles. The SMILES string of the molecule is CCNC(=NCc1ccccc1Cn1cccn1)NCCN1CCS(=O)(=O)CC1.I. The Morgan fingerprint density at radius 1 is 1.13 bits per heavy atom. The van der Waals surface area contributed by atoms with E-state index in [1.54, 1.807) is 6.20 Å². The van der Waals surface area contributed by atoms with E-state index in [-0.39, 0.29) is 35.5 Å². The smallest absolute Gasteiger partial charge is 0.191 e. The fourth-order valence-corrected chi connectivity index (χ4v) is 4.52. The number of aromatic nitrogens is 2. The summed E-state index contributed by atoms with van der Waals surface area (Å²) in [5.74, 6) is 1.29. The molecule has 1 fully saturated rings. The Bertz CT molecular complexity index is 888. The second kappa shape index (κ2) is 12.3. The highest BCUT2D eigenvalue weighted by molar-refractivity contribution is 14.0. The third-order valence-electron chi connectivity index (χ3n) is 4.92. The van der Waals surface area contributed by atoms with E-state index >= 15 is 0 Å². The van der Waals surface area contributed by atoms with Gasteiger partial charge in [0.25, 0.3) is 0 Å². The molecule has 1 saturated heterocycles. The van der Waals surface area contributed by atoms with Gasteiger partial charge in [0.1, 0.15) is 0 Å². The normalized spacial score (nSPS) is 16.6. The fourth-order valence-electron chi connectivity index (χ4n) is 3.25. The van der Waals surface area contributed by atoms with Crippen LogP contribution in [-0.4, -0.2) is 73.3 Å². The molecular formula is C20H31IN6O2S. The van der Waals surface area contributed by atoms with Gasteiger partial charge in [0, 0.05) is 45.1 Å². The molecule has 30 heavy (non-hydrogen) atoms. The van der Waals surface area contributed by atoms with Crippen LogP contribution in [0, 0.1) is 0 Å². The molecule has 166 valence electrons.